The van der Waals surface area contributed by atoms with Crippen LogP contribution < -0.4 is 4.74 Å². The van der Waals surface area contributed by atoms with Crippen LogP contribution in [-0.4, -0.2) is 42.9 Å². The average Bonchev–Trinajstić information content (AvgIpc) is 2.83. The quantitative estimate of drug-likeness (QED) is 0.783. The minimum absolute atomic E-state index is 0.167. The predicted octanol–water partition coefficient (Wildman–Crippen LogP) is 2.28. The van der Waals surface area contributed by atoms with Crippen molar-refractivity contribution in [3.63, 3.8) is 0 Å². The number of methoxy groups -OCH3 is 1. The lowest BCUT2D eigenvalue weighted by atomic mass is 10.1. The van der Waals surface area contributed by atoms with Crippen LogP contribution in [-0.2, 0) is 20.8 Å². The third kappa shape index (κ3) is 4.30. The Hall–Kier alpha value is -1.40. The first-order valence-electron chi connectivity index (χ1n) is 7.32. The summed E-state index contributed by atoms with van der Waals surface area (Å²) in [6.07, 6.45) is 0.0625. The second-order valence-corrected chi connectivity index (χ2v) is 5.73. The molecule has 2 rings (SSSR count). The zero-order valence-corrected chi connectivity index (χ0v) is 13.3. The monoisotopic (exact) mass is 308 g/mol. The van der Waals surface area contributed by atoms with Gasteiger partial charge in [-0.1, -0.05) is 18.2 Å². The van der Waals surface area contributed by atoms with Crippen molar-refractivity contribution in [2.24, 2.45) is 0 Å². The third-order valence-electron chi connectivity index (χ3n) is 3.49. The van der Waals surface area contributed by atoms with Gasteiger partial charge in [-0.25, -0.2) is 0 Å². The number of aliphatic hydroxyl groups is 1. The predicted molar refractivity (Wildman–Crippen MR) is 82.7 cm³/mol. The number of benzene rings is 1. The zero-order valence-electron chi connectivity index (χ0n) is 13.3. The molecule has 1 aromatic carbocycles. The van der Waals surface area contributed by atoms with Crippen molar-refractivity contribution >= 4 is 0 Å². The van der Waals surface area contributed by atoms with Crippen LogP contribution in [0.4, 0.5) is 0 Å². The molecule has 0 unspecified atom stereocenters. The standard InChI is InChI=1S/C17H24O5/c1-5-15-16(22-17(2,3)21-15)14(18)11-20-10-12-6-8-13(19-4)9-7-12/h5-9,14-16,18H,1,10-11H2,2-4H3/t14-,15-,16+/m1/s1. The lowest BCUT2D eigenvalue weighted by molar-refractivity contribution is -0.157. The number of hydrogen-bond acceptors (Lipinski definition) is 5. The van der Waals surface area contributed by atoms with E-state index in [9.17, 15) is 5.11 Å². The highest BCUT2D eigenvalue weighted by molar-refractivity contribution is 5.26. The number of ether oxygens (including phenoxy) is 4. The van der Waals surface area contributed by atoms with Crippen LogP contribution in [0, 0.1) is 0 Å². The zero-order chi connectivity index (χ0) is 16.2. The van der Waals surface area contributed by atoms with Gasteiger partial charge in [0.2, 0.25) is 0 Å². The topological polar surface area (TPSA) is 57.2 Å². The van der Waals surface area contributed by atoms with Crippen molar-refractivity contribution < 1.29 is 24.1 Å². The van der Waals surface area contributed by atoms with Crippen LogP contribution in [0.25, 0.3) is 0 Å². The first-order valence-corrected chi connectivity index (χ1v) is 7.32. The Labute approximate surface area is 131 Å². The van der Waals surface area contributed by atoms with Gasteiger partial charge in [0.15, 0.2) is 5.79 Å². The van der Waals surface area contributed by atoms with Crippen LogP contribution in [0.15, 0.2) is 36.9 Å². The van der Waals surface area contributed by atoms with Gasteiger partial charge in [0.1, 0.15) is 24.1 Å². The minimum atomic E-state index is -0.775. The normalized spacial score (nSPS) is 24.9. The van der Waals surface area contributed by atoms with Gasteiger partial charge in [0.25, 0.3) is 0 Å². The van der Waals surface area contributed by atoms with Gasteiger partial charge in [-0.05, 0) is 31.5 Å². The Kier molecular flexibility index (Phi) is 5.58. The minimum Gasteiger partial charge on any atom is -0.497 e. The lowest BCUT2D eigenvalue weighted by Gasteiger charge is -2.21. The molecule has 5 heteroatoms. The molecular formula is C17H24O5. The highest BCUT2D eigenvalue weighted by Gasteiger charge is 2.43. The summed E-state index contributed by atoms with van der Waals surface area (Å²) in [5.41, 5.74) is 1.01. The van der Waals surface area contributed by atoms with Gasteiger partial charge in [0.05, 0.1) is 20.3 Å². The summed E-state index contributed by atoms with van der Waals surface area (Å²) in [4.78, 5) is 0. The van der Waals surface area contributed by atoms with Gasteiger partial charge in [-0.15, -0.1) is 6.58 Å². The van der Waals surface area contributed by atoms with E-state index in [1.54, 1.807) is 13.2 Å². The van der Waals surface area contributed by atoms with Crippen molar-refractivity contribution in [1.29, 1.82) is 0 Å². The smallest absolute Gasteiger partial charge is 0.164 e. The Balaban J connectivity index is 1.81. The molecule has 1 aromatic rings. The van der Waals surface area contributed by atoms with Crippen molar-refractivity contribution in [2.45, 2.75) is 44.6 Å². The van der Waals surface area contributed by atoms with Crippen molar-refractivity contribution in [3.05, 3.63) is 42.5 Å². The molecule has 0 aliphatic carbocycles. The van der Waals surface area contributed by atoms with Crippen LogP contribution in [0.3, 0.4) is 0 Å². The molecule has 5 nitrogen and oxygen atoms in total. The second-order valence-electron chi connectivity index (χ2n) is 5.73. The van der Waals surface area contributed by atoms with Crippen LogP contribution in [0.1, 0.15) is 19.4 Å². The molecule has 0 aromatic heterocycles. The van der Waals surface area contributed by atoms with E-state index in [4.69, 9.17) is 18.9 Å². The van der Waals surface area contributed by atoms with Gasteiger partial charge in [-0.3, -0.25) is 0 Å². The fourth-order valence-electron chi connectivity index (χ4n) is 2.41. The Morgan fingerprint density at radius 3 is 2.59 bits per heavy atom. The van der Waals surface area contributed by atoms with E-state index in [1.807, 2.05) is 38.1 Å². The first-order chi connectivity index (χ1) is 10.4. The molecule has 1 saturated heterocycles. The van der Waals surface area contributed by atoms with E-state index >= 15 is 0 Å². The molecule has 1 aliphatic rings. The van der Waals surface area contributed by atoms with E-state index in [0.29, 0.717) is 6.61 Å². The van der Waals surface area contributed by atoms with Crippen molar-refractivity contribution in [3.8, 4) is 5.75 Å². The fourth-order valence-corrected chi connectivity index (χ4v) is 2.41. The second kappa shape index (κ2) is 7.24. The maximum atomic E-state index is 10.2. The summed E-state index contributed by atoms with van der Waals surface area (Å²) < 4.78 is 22.0. The molecule has 1 fully saturated rings. The Bertz CT molecular complexity index is 482. The summed E-state index contributed by atoms with van der Waals surface area (Å²) in [6.45, 7) is 7.92. The van der Waals surface area contributed by atoms with Gasteiger partial charge in [0, 0.05) is 0 Å². The highest BCUT2D eigenvalue weighted by atomic mass is 16.8. The van der Waals surface area contributed by atoms with Crippen molar-refractivity contribution in [2.75, 3.05) is 13.7 Å². The molecular weight excluding hydrogens is 284 g/mol. The summed E-state index contributed by atoms with van der Waals surface area (Å²) in [5, 5.41) is 10.2. The van der Waals surface area contributed by atoms with E-state index in [1.165, 1.54) is 0 Å². The molecule has 0 saturated carbocycles. The van der Waals surface area contributed by atoms with E-state index in [0.717, 1.165) is 11.3 Å². The lowest BCUT2D eigenvalue weighted by Crippen LogP contribution is -2.37. The van der Waals surface area contributed by atoms with Crippen LogP contribution in [0.2, 0.25) is 0 Å². The molecule has 0 spiro atoms. The van der Waals surface area contributed by atoms with Crippen LogP contribution in [0.5, 0.6) is 5.75 Å². The van der Waals surface area contributed by atoms with E-state index in [-0.39, 0.29) is 12.7 Å². The highest BCUT2D eigenvalue weighted by Crippen LogP contribution is 2.30. The van der Waals surface area contributed by atoms with Crippen LogP contribution >= 0.6 is 0 Å². The maximum absolute atomic E-state index is 10.2. The number of aliphatic hydroxyl groups excluding tert-OH is 1. The fraction of sp³-hybridized carbons (Fsp3) is 0.529. The van der Waals surface area contributed by atoms with Gasteiger partial charge >= 0.3 is 0 Å². The molecule has 0 radical (unpaired) electrons. The first kappa shape index (κ1) is 17.0. The molecule has 0 bridgehead atoms. The number of hydrogen-bond donors (Lipinski definition) is 1. The molecule has 3 atom stereocenters. The van der Waals surface area contributed by atoms with Crippen molar-refractivity contribution in [1.82, 2.24) is 0 Å². The molecule has 0 amide bonds. The summed E-state index contributed by atoms with van der Waals surface area (Å²) in [6, 6.07) is 7.60. The summed E-state index contributed by atoms with van der Waals surface area (Å²) >= 11 is 0. The third-order valence-corrected chi connectivity index (χ3v) is 3.49. The molecule has 122 valence electrons. The average molecular weight is 308 g/mol. The maximum Gasteiger partial charge on any atom is 0.164 e. The number of rotatable bonds is 7. The molecule has 1 heterocycles. The molecule has 22 heavy (non-hydrogen) atoms. The van der Waals surface area contributed by atoms with Gasteiger partial charge < -0.3 is 24.1 Å². The largest absolute Gasteiger partial charge is 0.497 e. The SMILES string of the molecule is C=C[C@H]1OC(C)(C)O[C@H]1[C@H](O)COCc1ccc(OC)cc1. The Morgan fingerprint density at radius 2 is 2.00 bits per heavy atom. The molecule has 1 aliphatic heterocycles. The molecule has 1 N–H and O–H groups in total. The van der Waals surface area contributed by atoms with E-state index < -0.39 is 18.0 Å². The summed E-state index contributed by atoms with van der Waals surface area (Å²) in [7, 11) is 1.63. The Morgan fingerprint density at radius 1 is 1.32 bits per heavy atom. The van der Waals surface area contributed by atoms with E-state index in [2.05, 4.69) is 6.58 Å². The summed E-state index contributed by atoms with van der Waals surface area (Å²) in [5.74, 6) is 0.0804. The van der Waals surface area contributed by atoms with Gasteiger partial charge in [-0.2, -0.15) is 0 Å².